The number of hydrogen-bond donors (Lipinski definition) is 2. The van der Waals surface area contributed by atoms with E-state index in [-0.39, 0.29) is 18.5 Å². The van der Waals surface area contributed by atoms with Crippen LogP contribution < -0.4 is 15.4 Å². The maximum absolute atomic E-state index is 13.5. The Hall–Kier alpha value is -4.59. The third-order valence-corrected chi connectivity index (χ3v) is 6.72. The van der Waals surface area contributed by atoms with Crippen LogP contribution in [-0.4, -0.2) is 46.8 Å². The van der Waals surface area contributed by atoms with Crippen LogP contribution in [0.3, 0.4) is 0 Å². The van der Waals surface area contributed by atoms with Gasteiger partial charge in [0, 0.05) is 17.8 Å². The predicted octanol–water partition coefficient (Wildman–Crippen LogP) is 6.75. The SMILES string of the molecule is CCCCN(CC(=O)Nc1c(-c2ccccc2)c(C)nn1-c1ccc(OC)cc1)C(=O)Nc1ccc(C)cc1C. The fraction of sp³-hybridized carbons (Fsp3) is 0.281. The molecule has 1 aromatic heterocycles. The molecule has 0 atom stereocenters. The van der Waals surface area contributed by atoms with Crippen molar-refractivity contribution >= 4 is 23.4 Å². The molecule has 2 N–H and O–H groups in total. The van der Waals surface area contributed by atoms with Crippen LogP contribution >= 0.6 is 0 Å². The Morgan fingerprint density at radius 2 is 1.68 bits per heavy atom. The van der Waals surface area contributed by atoms with Gasteiger partial charge in [0.05, 0.1) is 18.5 Å². The second-order valence-corrected chi connectivity index (χ2v) is 9.86. The van der Waals surface area contributed by atoms with Gasteiger partial charge < -0.3 is 20.3 Å². The number of urea groups is 1. The van der Waals surface area contributed by atoms with Gasteiger partial charge in [-0.25, -0.2) is 9.48 Å². The van der Waals surface area contributed by atoms with Gasteiger partial charge in [-0.1, -0.05) is 61.4 Å². The van der Waals surface area contributed by atoms with E-state index in [1.54, 1.807) is 16.7 Å². The number of carbonyl (C=O) groups excluding carboxylic acids is 2. The number of amides is 3. The Kier molecular flexibility index (Phi) is 9.22. The number of anilines is 2. The summed E-state index contributed by atoms with van der Waals surface area (Å²) >= 11 is 0. The van der Waals surface area contributed by atoms with Crippen molar-refractivity contribution in [3.63, 3.8) is 0 Å². The summed E-state index contributed by atoms with van der Waals surface area (Å²) in [6.07, 6.45) is 1.68. The molecule has 4 rings (SSSR count). The van der Waals surface area contributed by atoms with Gasteiger partial charge in [0.25, 0.3) is 0 Å². The van der Waals surface area contributed by atoms with Crippen molar-refractivity contribution in [2.24, 2.45) is 0 Å². The molecule has 0 saturated carbocycles. The lowest BCUT2D eigenvalue weighted by Crippen LogP contribution is -2.41. The molecule has 0 bridgehead atoms. The number of aryl methyl sites for hydroxylation is 3. The molecule has 3 aromatic carbocycles. The Labute approximate surface area is 236 Å². The van der Waals surface area contributed by atoms with E-state index in [9.17, 15) is 9.59 Å². The number of rotatable bonds is 10. The van der Waals surface area contributed by atoms with Gasteiger partial charge in [-0.15, -0.1) is 0 Å². The molecule has 0 aliphatic heterocycles. The van der Waals surface area contributed by atoms with E-state index in [4.69, 9.17) is 9.84 Å². The van der Waals surface area contributed by atoms with Gasteiger partial charge in [-0.2, -0.15) is 5.10 Å². The van der Waals surface area contributed by atoms with Gasteiger partial charge in [-0.3, -0.25) is 4.79 Å². The summed E-state index contributed by atoms with van der Waals surface area (Å²) in [5.74, 6) is 0.964. The van der Waals surface area contributed by atoms with Crippen LogP contribution in [0.4, 0.5) is 16.3 Å². The second kappa shape index (κ2) is 13.0. The Balaban J connectivity index is 1.63. The minimum Gasteiger partial charge on any atom is -0.497 e. The van der Waals surface area contributed by atoms with Crippen LogP contribution in [0.2, 0.25) is 0 Å². The topological polar surface area (TPSA) is 88.5 Å². The summed E-state index contributed by atoms with van der Waals surface area (Å²) in [5, 5.41) is 10.8. The first kappa shape index (κ1) is 28.4. The van der Waals surface area contributed by atoms with Crippen LogP contribution in [0, 0.1) is 20.8 Å². The average Bonchev–Trinajstić information content (AvgIpc) is 3.28. The zero-order valence-electron chi connectivity index (χ0n) is 23.8. The van der Waals surface area contributed by atoms with E-state index in [2.05, 4.69) is 17.6 Å². The zero-order valence-corrected chi connectivity index (χ0v) is 23.8. The number of benzene rings is 3. The van der Waals surface area contributed by atoms with E-state index in [0.717, 1.165) is 57.9 Å². The second-order valence-electron chi connectivity index (χ2n) is 9.86. The first-order valence-electron chi connectivity index (χ1n) is 13.5. The number of carbonyl (C=O) groups is 2. The summed E-state index contributed by atoms with van der Waals surface area (Å²) in [4.78, 5) is 28.4. The smallest absolute Gasteiger partial charge is 0.322 e. The number of nitrogens with zero attached hydrogens (tertiary/aromatic N) is 3. The van der Waals surface area contributed by atoms with Crippen molar-refractivity contribution in [3.05, 3.63) is 89.6 Å². The molecule has 3 amide bonds. The van der Waals surface area contributed by atoms with Crippen molar-refractivity contribution in [2.75, 3.05) is 30.8 Å². The lowest BCUT2D eigenvalue weighted by Gasteiger charge is -2.23. The first-order valence-corrected chi connectivity index (χ1v) is 13.5. The van der Waals surface area contributed by atoms with Crippen LogP contribution in [0.5, 0.6) is 5.75 Å². The average molecular weight is 540 g/mol. The number of hydrogen-bond acceptors (Lipinski definition) is 4. The molecule has 0 radical (unpaired) electrons. The van der Waals surface area contributed by atoms with Gasteiger partial charge in [-0.05, 0) is 68.7 Å². The highest BCUT2D eigenvalue weighted by molar-refractivity contribution is 5.99. The van der Waals surface area contributed by atoms with Gasteiger partial charge >= 0.3 is 6.03 Å². The molecule has 0 saturated heterocycles. The quantitative estimate of drug-likeness (QED) is 0.233. The maximum Gasteiger partial charge on any atom is 0.322 e. The van der Waals surface area contributed by atoms with Gasteiger partial charge in [0.2, 0.25) is 5.91 Å². The molecular formula is C32H37N5O3. The van der Waals surface area contributed by atoms with Crippen molar-refractivity contribution in [2.45, 2.75) is 40.5 Å². The van der Waals surface area contributed by atoms with Crippen molar-refractivity contribution in [1.29, 1.82) is 0 Å². The lowest BCUT2D eigenvalue weighted by molar-refractivity contribution is -0.116. The Morgan fingerprint density at radius 3 is 2.33 bits per heavy atom. The number of nitrogens with one attached hydrogen (secondary N) is 2. The highest BCUT2D eigenvalue weighted by atomic mass is 16.5. The van der Waals surface area contributed by atoms with E-state index in [1.807, 2.05) is 93.6 Å². The van der Waals surface area contributed by atoms with Crippen molar-refractivity contribution in [1.82, 2.24) is 14.7 Å². The standard InChI is InChI=1S/C32H37N5O3/c1-6-7-19-36(32(39)33-28-18-13-22(2)20-23(28)3)21-29(38)34-31-30(25-11-9-8-10-12-25)24(4)35-37(31)26-14-16-27(40-5)17-15-26/h8-18,20H,6-7,19,21H2,1-5H3,(H,33,39)(H,34,38). The van der Waals surface area contributed by atoms with Crippen LogP contribution in [-0.2, 0) is 4.79 Å². The summed E-state index contributed by atoms with van der Waals surface area (Å²) in [7, 11) is 1.62. The Bertz CT molecular complexity index is 1460. The summed E-state index contributed by atoms with van der Waals surface area (Å²) in [6, 6.07) is 22.9. The molecule has 0 aliphatic carbocycles. The van der Waals surface area contributed by atoms with Crippen molar-refractivity contribution in [3.8, 4) is 22.6 Å². The molecular weight excluding hydrogens is 502 g/mol. The first-order chi connectivity index (χ1) is 19.3. The minimum atomic E-state index is -0.307. The van der Waals surface area contributed by atoms with Crippen LogP contribution in [0.1, 0.15) is 36.6 Å². The van der Waals surface area contributed by atoms with Crippen molar-refractivity contribution < 1.29 is 14.3 Å². The third-order valence-electron chi connectivity index (χ3n) is 6.72. The maximum atomic E-state index is 13.5. The number of aromatic nitrogens is 2. The molecule has 208 valence electrons. The van der Waals surface area contributed by atoms with Crippen LogP contribution in [0.15, 0.2) is 72.8 Å². The fourth-order valence-corrected chi connectivity index (χ4v) is 4.60. The number of unbranched alkanes of at least 4 members (excludes halogenated alkanes) is 1. The minimum absolute atomic E-state index is 0.0994. The molecule has 4 aromatic rings. The molecule has 8 nitrogen and oxygen atoms in total. The number of ether oxygens (including phenoxy) is 1. The van der Waals surface area contributed by atoms with E-state index in [1.165, 1.54) is 0 Å². The molecule has 8 heteroatoms. The molecule has 0 aliphatic rings. The summed E-state index contributed by atoms with van der Waals surface area (Å²) in [6.45, 7) is 8.31. The lowest BCUT2D eigenvalue weighted by atomic mass is 10.1. The van der Waals surface area contributed by atoms with Gasteiger partial charge in [0.1, 0.15) is 18.1 Å². The monoisotopic (exact) mass is 539 g/mol. The molecule has 0 fully saturated rings. The normalized spacial score (nSPS) is 10.7. The summed E-state index contributed by atoms with van der Waals surface area (Å²) < 4.78 is 7.03. The molecule has 40 heavy (non-hydrogen) atoms. The van der Waals surface area contributed by atoms with Gasteiger partial charge in [0.15, 0.2) is 0 Å². The molecule has 0 spiro atoms. The Morgan fingerprint density at radius 1 is 0.950 bits per heavy atom. The highest BCUT2D eigenvalue weighted by Crippen LogP contribution is 2.33. The van der Waals surface area contributed by atoms with E-state index in [0.29, 0.717) is 12.4 Å². The number of methoxy groups -OCH3 is 1. The van der Waals surface area contributed by atoms with E-state index >= 15 is 0 Å². The summed E-state index contributed by atoms with van der Waals surface area (Å²) in [5.41, 5.74) is 6.13. The predicted molar refractivity (Wildman–Crippen MR) is 160 cm³/mol. The highest BCUT2D eigenvalue weighted by Gasteiger charge is 2.23. The fourth-order valence-electron chi connectivity index (χ4n) is 4.60. The molecule has 0 unspecified atom stereocenters. The largest absolute Gasteiger partial charge is 0.497 e. The van der Waals surface area contributed by atoms with E-state index < -0.39 is 0 Å². The third kappa shape index (κ3) is 6.69. The van der Waals surface area contributed by atoms with Crippen LogP contribution in [0.25, 0.3) is 16.8 Å². The molecule has 1 heterocycles. The zero-order chi connectivity index (χ0) is 28.6.